The van der Waals surface area contributed by atoms with Gasteiger partial charge >= 0.3 is 0 Å². The maximum absolute atomic E-state index is 10.8. The van der Waals surface area contributed by atoms with Crippen molar-refractivity contribution in [1.29, 1.82) is 0 Å². The average Bonchev–Trinajstić information content (AvgIpc) is 2.29. The number of hydrogen-bond acceptors (Lipinski definition) is 4. The van der Waals surface area contributed by atoms with E-state index >= 15 is 0 Å². The number of rotatable bonds is 6. The molecular weight excluding hydrogens is 228 g/mol. The Bertz CT molecular complexity index is 433. The zero-order valence-corrected chi connectivity index (χ0v) is 9.00. The Morgan fingerprint density at radius 3 is 2.29 bits per heavy atom. The zero-order chi connectivity index (χ0) is 12.8. The van der Waals surface area contributed by atoms with Crippen LogP contribution in [0.15, 0.2) is 18.2 Å². The molecule has 0 amide bonds. The van der Waals surface area contributed by atoms with Crippen LogP contribution in [0.1, 0.15) is 18.4 Å². The first-order chi connectivity index (χ1) is 8.06. The van der Waals surface area contributed by atoms with E-state index in [1.54, 1.807) is 0 Å². The van der Waals surface area contributed by atoms with Crippen molar-refractivity contribution in [1.82, 2.24) is 0 Å². The summed E-state index contributed by atoms with van der Waals surface area (Å²) in [6.07, 6.45) is 1.37. The molecular formula is C10H11N2O5. The first-order valence-electron chi connectivity index (χ1n) is 5.06. The van der Waals surface area contributed by atoms with Crippen LogP contribution < -0.4 is 0 Å². The van der Waals surface area contributed by atoms with Gasteiger partial charge < -0.3 is 0 Å². The van der Waals surface area contributed by atoms with E-state index in [1.807, 2.05) is 0 Å². The predicted octanol–water partition coefficient (Wildman–Crippen LogP) is 2.26. The lowest BCUT2D eigenvalue weighted by Gasteiger charge is -2.01. The molecule has 7 nitrogen and oxygen atoms in total. The van der Waals surface area contributed by atoms with Gasteiger partial charge in [-0.25, -0.2) is 5.11 Å². The highest BCUT2D eigenvalue weighted by molar-refractivity contribution is 5.49. The molecule has 1 aromatic carbocycles. The molecule has 0 aliphatic heterocycles. The van der Waals surface area contributed by atoms with Gasteiger partial charge in [0.15, 0.2) is 0 Å². The van der Waals surface area contributed by atoms with Gasteiger partial charge in [0.05, 0.1) is 22.5 Å². The second-order valence-electron chi connectivity index (χ2n) is 3.49. The summed E-state index contributed by atoms with van der Waals surface area (Å²) in [6.45, 7) is -0.221. The highest BCUT2D eigenvalue weighted by Gasteiger charge is 2.18. The molecule has 0 fully saturated rings. The van der Waals surface area contributed by atoms with Crippen LogP contribution in [0.3, 0.4) is 0 Å². The fraction of sp³-hybridized carbons (Fsp3) is 0.400. The SMILES string of the molecule is [O]CCCCc1ccc([N+](=O)[O-])cc1[N+](=O)[O-]. The van der Waals surface area contributed by atoms with Crippen LogP contribution in [-0.4, -0.2) is 16.5 Å². The first-order valence-corrected chi connectivity index (χ1v) is 5.06. The van der Waals surface area contributed by atoms with E-state index in [1.165, 1.54) is 12.1 Å². The third-order valence-corrected chi connectivity index (χ3v) is 2.32. The van der Waals surface area contributed by atoms with E-state index in [0.717, 1.165) is 6.07 Å². The maximum atomic E-state index is 10.8. The van der Waals surface area contributed by atoms with Gasteiger partial charge in [-0.3, -0.25) is 20.2 Å². The van der Waals surface area contributed by atoms with Crippen LogP contribution in [0, 0.1) is 20.2 Å². The minimum Gasteiger partial charge on any atom is -0.258 e. The van der Waals surface area contributed by atoms with Gasteiger partial charge in [0.2, 0.25) is 0 Å². The van der Waals surface area contributed by atoms with Crippen LogP contribution in [0.25, 0.3) is 0 Å². The Kier molecular flexibility index (Phi) is 4.53. The average molecular weight is 239 g/mol. The molecule has 1 aromatic rings. The molecule has 17 heavy (non-hydrogen) atoms. The summed E-state index contributed by atoms with van der Waals surface area (Å²) in [7, 11) is 0. The number of unbranched alkanes of at least 4 members (excludes halogenated alkanes) is 1. The quantitative estimate of drug-likeness (QED) is 0.431. The Labute approximate surface area is 97.0 Å². The summed E-state index contributed by atoms with van der Waals surface area (Å²) >= 11 is 0. The third-order valence-electron chi connectivity index (χ3n) is 2.32. The van der Waals surface area contributed by atoms with Gasteiger partial charge in [0.1, 0.15) is 0 Å². The van der Waals surface area contributed by atoms with E-state index in [0.29, 0.717) is 24.8 Å². The molecule has 0 aliphatic carbocycles. The largest absolute Gasteiger partial charge is 0.279 e. The third kappa shape index (κ3) is 3.49. The van der Waals surface area contributed by atoms with E-state index in [2.05, 4.69) is 0 Å². The Balaban J connectivity index is 2.96. The molecule has 0 aliphatic rings. The number of aryl methyl sites for hydroxylation is 1. The summed E-state index contributed by atoms with van der Waals surface area (Å²) < 4.78 is 0. The summed E-state index contributed by atoms with van der Waals surface area (Å²) in [5.41, 5.74) is -0.136. The lowest BCUT2D eigenvalue weighted by molar-refractivity contribution is -0.394. The van der Waals surface area contributed by atoms with Gasteiger partial charge in [-0.15, -0.1) is 0 Å². The van der Waals surface area contributed by atoms with Crippen molar-refractivity contribution in [2.45, 2.75) is 19.3 Å². The van der Waals surface area contributed by atoms with Gasteiger partial charge in [-0.2, -0.15) is 0 Å². The van der Waals surface area contributed by atoms with Crippen LogP contribution in [-0.2, 0) is 11.5 Å². The minimum atomic E-state index is -0.672. The Hall–Kier alpha value is -2.02. The predicted molar refractivity (Wildman–Crippen MR) is 58.2 cm³/mol. The van der Waals surface area contributed by atoms with Crippen molar-refractivity contribution in [2.75, 3.05) is 6.61 Å². The van der Waals surface area contributed by atoms with Crippen molar-refractivity contribution in [3.8, 4) is 0 Å². The highest BCUT2D eigenvalue weighted by Crippen LogP contribution is 2.25. The number of nitro benzene ring substituents is 2. The van der Waals surface area contributed by atoms with Gasteiger partial charge in [-0.05, 0) is 25.3 Å². The lowest BCUT2D eigenvalue weighted by Crippen LogP contribution is -1.98. The molecule has 0 heterocycles. The second-order valence-corrected chi connectivity index (χ2v) is 3.49. The first kappa shape index (κ1) is 13.0. The van der Waals surface area contributed by atoms with Gasteiger partial charge in [0.25, 0.3) is 11.4 Å². The fourth-order valence-corrected chi connectivity index (χ4v) is 1.46. The molecule has 0 aromatic heterocycles. The van der Waals surface area contributed by atoms with E-state index in [9.17, 15) is 25.3 Å². The number of hydrogen-bond donors (Lipinski definition) is 0. The molecule has 91 valence electrons. The van der Waals surface area contributed by atoms with Crippen molar-refractivity contribution >= 4 is 11.4 Å². The second kappa shape index (κ2) is 5.90. The maximum Gasteiger partial charge on any atom is 0.279 e. The summed E-state index contributed by atoms with van der Waals surface area (Å²) in [5.74, 6) is 0. The molecule has 0 unspecified atom stereocenters. The number of non-ortho nitro benzene ring substituents is 1. The molecule has 1 rings (SSSR count). The number of nitro groups is 2. The van der Waals surface area contributed by atoms with Crippen molar-refractivity contribution < 1.29 is 15.0 Å². The van der Waals surface area contributed by atoms with Crippen molar-refractivity contribution in [2.24, 2.45) is 0 Å². The number of nitrogens with zero attached hydrogens (tertiary/aromatic N) is 2. The summed E-state index contributed by atoms with van der Waals surface area (Å²) in [4.78, 5) is 19.9. The molecule has 0 saturated heterocycles. The Morgan fingerprint density at radius 1 is 1.06 bits per heavy atom. The van der Waals surface area contributed by atoms with Crippen molar-refractivity contribution in [3.63, 3.8) is 0 Å². The van der Waals surface area contributed by atoms with Crippen LogP contribution in [0.2, 0.25) is 0 Å². The smallest absolute Gasteiger partial charge is 0.258 e. The van der Waals surface area contributed by atoms with E-state index in [4.69, 9.17) is 0 Å². The zero-order valence-electron chi connectivity index (χ0n) is 9.00. The summed E-state index contributed by atoms with van der Waals surface area (Å²) in [6, 6.07) is 3.56. The van der Waals surface area contributed by atoms with E-state index in [-0.39, 0.29) is 18.0 Å². The standard InChI is InChI=1S/C10H11N2O5/c13-6-2-1-3-8-4-5-9(11(14)15)7-10(8)12(16)17/h4-5,7H,1-3,6H2. The molecule has 0 bridgehead atoms. The van der Waals surface area contributed by atoms with Crippen LogP contribution in [0.5, 0.6) is 0 Å². The molecule has 0 atom stereocenters. The Morgan fingerprint density at radius 2 is 1.76 bits per heavy atom. The topological polar surface area (TPSA) is 106 Å². The number of benzene rings is 1. The molecule has 0 saturated carbocycles. The van der Waals surface area contributed by atoms with Crippen LogP contribution >= 0.6 is 0 Å². The summed E-state index contributed by atoms with van der Waals surface area (Å²) in [5, 5.41) is 31.5. The normalized spacial score (nSPS) is 10.2. The van der Waals surface area contributed by atoms with Gasteiger partial charge in [0, 0.05) is 11.6 Å². The lowest BCUT2D eigenvalue weighted by atomic mass is 10.1. The highest BCUT2D eigenvalue weighted by atomic mass is 16.6. The fourth-order valence-electron chi connectivity index (χ4n) is 1.46. The molecule has 7 heteroatoms. The van der Waals surface area contributed by atoms with E-state index < -0.39 is 9.85 Å². The molecule has 0 N–H and O–H groups in total. The van der Waals surface area contributed by atoms with Gasteiger partial charge in [-0.1, -0.05) is 0 Å². The monoisotopic (exact) mass is 239 g/mol. The minimum absolute atomic E-state index is 0.221. The molecule has 1 radical (unpaired) electrons. The van der Waals surface area contributed by atoms with Crippen molar-refractivity contribution in [3.05, 3.63) is 44.0 Å². The van der Waals surface area contributed by atoms with Crippen LogP contribution in [0.4, 0.5) is 11.4 Å². The molecule has 0 spiro atoms.